The summed E-state index contributed by atoms with van der Waals surface area (Å²) in [5, 5.41) is -0.382. The van der Waals surface area contributed by atoms with E-state index in [1.165, 1.54) is 6.07 Å². The molecule has 10 heteroatoms. The van der Waals surface area contributed by atoms with Crippen molar-refractivity contribution in [3.05, 3.63) is 40.6 Å². The first-order chi connectivity index (χ1) is 9.33. The van der Waals surface area contributed by atoms with Gasteiger partial charge in [0.25, 0.3) is 10.0 Å². The molecule has 0 aliphatic carbocycles. The molecule has 6 nitrogen and oxygen atoms in total. The molecule has 2 aromatic rings. The van der Waals surface area contributed by atoms with Gasteiger partial charge in [-0.1, -0.05) is 29.3 Å². The van der Waals surface area contributed by atoms with Crippen LogP contribution in [-0.4, -0.2) is 18.4 Å². The number of nitrogens with zero attached hydrogens (tertiary/aromatic N) is 2. The number of nitrogens with two attached hydrogens (primary N) is 1. The summed E-state index contributed by atoms with van der Waals surface area (Å²) >= 11 is 11.5. The Hall–Kier alpha value is -1.64. The normalized spacial score (nSPS) is 11.3. The quantitative estimate of drug-likeness (QED) is 0.662. The minimum Gasteiger partial charge on any atom is -0.395 e. The fourth-order valence-electron chi connectivity index (χ4n) is 1.37. The van der Waals surface area contributed by atoms with E-state index >= 15 is 0 Å². The topological polar surface area (TPSA) is 98.0 Å². The summed E-state index contributed by atoms with van der Waals surface area (Å²) in [6.45, 7) is 0. The summed E-state index contributed by atoms with van der Waals surface area (Å²) in [6.07, 6.45) is 1.07. The van der Waals surface area contributed by atoms with E-state index in [0.717, 1.165) is 18.5 Å². The van der Waals surface area contributed by atoms with Crippen molar-refractivity contribution in [2.24, 2.45) is 0 Å². The molecule has 0 unspecified atom stereocenters. The maximum absolute atomic E-state index is 13.3. The van der Waals surface area contributed by atoms with Gasteiger partial charge in [0.2, 0.25) is 0 Å². The predicted molar refractivity (Wildman–Crippen MR) is 73.7 cm³/mol. The third kappa shape index (κ3) is 2.77. The second-order valence-electron chi connectivity index (χ2n) is 3.59. The molecule has 3 N–H and O–H groups in total. The number of nitrogens with one attached hydrogen (secondary N) is 1. The van der Waals surface area contributed by atoms with Gasteiger partial charge >= 0.3 is 0 Å². The Morgan fingerprint density at radius 3 is 2.40 bits per heavy atom. The van der Waals surface area contributed by atoms with Crippen molar-refractivity contribution in [2.75, 3.05) is 10.5 Å². The molecule has 20 heavy (non-hydrogen) atoms. The number of hydrogen-bond acceptors (Lipinski definition) is 5. The molecule has 0 spiro atoms. The van der Waals surface area contributed by atoms with Crippen LogP contribution in [0.5, 0.6) is 0 Å². The maximum atomic E-state index is 13.3. The Labute approximate surface area is 123 Å². The summed E-state index contributed by atoms with van der Waals surface area (Å²) in [7, 11) is -4.18. The molecule has 0 saturated heterocycles. The standard InChI is InChI=1S/C10H7Cl2FN4O2S/c11-9-8(10(12)16-4-15-9)17-20(18,19)6-3-1-2-5(13)7(6)14/h1-4,17H,14H2. The highest BCUT2D eigenvalue weighted by atomic mass is 35.5. The first-order valence-corrected chi connectivity index (χ1v) is 7.29. The zero-order chi connectivity index (χ0) is 14.9. The van der Waals surface area contributed by atoms with E-state index in [-0.39, 0.29) is 16.0 Å². The lowest BCUT2D eigenvalue weighted by Crippen LogP contribution is -2.16. The first-order valence-electron chi connectivity index (χ1n) is 5.05. The van der Waals surface area contributed by atoms with E-state index in [4.69, 9.17) is 28.9 Å². The molecule has 0 saturated carbocycles. The fourth-order valence-corrected chi connectivity index (χ4v) is 3.11. The van der Waals surface area contributed by atoms with Gasteiger partial charge in [0.1, 0.15) is 22.7 Å². The lowest BCUT2D eigenvalue weighted by Gasteiger charge is -2.11. The molecule has 106 valence electrons. The van der Waals surface area contributed by atoms with Crippen molar-refractivity contribution < 1.29 is 12.8 Å². The molecule has 0 aliphatic rings. The van der Waals surface area contributed by atoms with Crippen LogP contribution in [0.25, 0.3) is 0 Å². The number of sulfonamides is 1. The van der Waals surface area contributed by atoms with E-state index in [2.05, 4.69) is 14.7 Å². The molecule has 0 atom stereocenters. The number of benzene rings is 1. The van der Waals surface area contributed by atoms with Crippen LogP contribution >= 0.6 is 23.2 Å². The molecular weight excluding hydrogens is 330 g/mol. The van der Waals surface area contributed by atoms with Crippen LogP contribution in [0.1, 0.15) is 0 Å². The van der Waals surface area contributed by atoms with E-state index < -0.39 is 26.4 Å². The molecule has 2 rings (SSSR count). The summed E-state index contributed by atoms with van der Waals surface area (Å²) in [4.78, 5) is 6.75. The van der Waals surface area contributed by atoms with E-state index in [1.54, 1.807) is 0 Å². The third-order valence-corrected chi connectivity index (χ3v) is 4.27. The van der Waals surface area contributed by atoms with E-state index in [1.807, 2.05) is 0 Å². The molecule has 1 aromatic carbocycles. The van der Waals surface area contributed by atoms with Crippen molar-refractivity contribution in [2.45, 2.75) is 4.90 Å². The van der Waals surface area contributed by atoms with Gasteiger partial charge < -0.3 is 5.73 Å². The van der Waals surface area contributed by atoms with Gasteiger partial charge in [-0.25, -0.2) is 22.8 Å². The number of nitrogen functional groups attached to an aromatic ring is 1. The number of halogens is 3. The van der Waals surface area contributed by atoms with Crippen LogP contribution in [0, 0.1) is 5.82 Å². The lowest BCUT2D eigenvalue weighted by molar-refractivity contribution is 0.597. The Kier molecular flexibility index (Phi) is 3.98. The number of hydrogen-bond donors (Lipinski definition) is 2. The number of para-hydroxylation sites is 1. The summed E-state index contributed by atoms with van der Waals surface area (Å²) in [5.41, 5.74) is 4.69. The van der Waals surface area contributed by atoms with Gasteiger partial charge in [-0.15, -0.1) is 0 Å². The highest BCUT2D eigenvalue weighted by Gasteiger charge is 2.22. The zero-order valence-electron chi connectivity index (χ0n) is 9.64. The van der Waals surface area contributed by atoms with Crippen LogP contribution in [0.2, 0.25) is 10.3 Å². The molecule has 0 bridgehead atoms. The van der Waals surface area contributed by atoms with Gasteiger partial charge in [0.05, 0.1) is 5.69 Å². The third-order valence-electron chi connectivity index (χ3n) is 2.29. The van der Waals surface area contributed by atoms with Crippen LogP contribution in [0.3, 0.4) is 0 Å². The van der Waals surface area contributed by atoms with Crippen molar-refractivity contribution in [3.63, 3.8) is 0 Å². The average molecular weight is 337 g/mol. The number of rotatable bonds is 3. The highest BCUT2D eigenvalue weighted by Crippen LogP contribution is 2.30. The minimum atomic E-state index is -4.18. The van der Waals surface area contributed by atoms with Crippen molar-refractivity contribution in [1.29, 1.82) is 0 Å². The molecule has 0 aliphatic heterocycles. The summed E-state index contributed by atoms with van der Waals surface area (Å²) < 4.78 is 39.7. The van der Waals surface area contributed by atoms with Crippen LogP contribution in [-0.2, 0) is 10.0 Å². The maximum Gasteiger partial charge on any atom is 0.264 e. The zero-order valence-corrected chi connectivity index (χ0v) is 12.0. The fraction of sp³-hybridized carbons (Fsp3) is 0. The Morgan fingerprint density at radius 2 is 1.80 bits per heavy atom. The van der Waals surface area contributed by atoms with Gasteiger partial charge in [0, 0.05) is 0 Å². The summed E-state index contributed by atoms with van der Waals surface area (Å²) in [6, 6.07) is 3.40. The average Bonchev–Trinajstić information content (AvgIpc) is 2.37. The van der Waals surface area contributed by atoms with E-state index in [0.29, 0.717) is 0 Å². The number of aromatic nitrogens is 2. The lowest BCUT2D eigenvalue weighted by atomic mass is 10.3. The molecule has 0 amide bonds. The van der Waals surface area contributed by atoms with Crippen molar-refractivity contribution >= 4 is 44.6 Å². The van der Waals surface area contributed by atoms with Crippen LogP contribution in [0.4, 0.5) is 15.8 Å². The summed E-state index contributed by atoms with van der Waals surface area (Å²) in [5.74, 6) is -0.852. The van der Waals surface area contributed by atoms with Gasteiger partial charge in [0.15, 0.2) is 10.3 Å². The Morgan fingerprint density at radius 1 is 1.20 bits per heavy atom. The molecule has 0 fully saturated rings. The molecular formula is C10H7Cl2FN4O2S. The molecule has 0 radical (unpaired) electrons. The smallest absolute Gasteiger partial charge is 0.264 e. The SMILES string of the molecule is Nc1c(F)cccc1S(=O)(=O)Nc1c(Cl)ncnc1Cl. The first kappa shape index (κ1) is 14.8. The van der Waals surface area contributed by atoms with E-state index in [9.17, 15) is 12.8 Å². The monoisotopic (exact) mass is 336 g/mol. The largest absolute Gasteiger partial charge is 0.395 e. The highest BCUT2D eigenvalue weighted by molar-refractivity contribution is 7.93. The minimum absolute atomic E-state index is 0.191. The Bertz CT molecular complexity index is 750. The van der Waals surface area contributed by atoms with Crippen molar-refractivity contribution in [1.82, 2.24) is 9.97 Å². The van der Waals surface area contributed by atoms with Gasteiger partial charge in [-0.2, -0.15) is 0 Å². The molecule has 1 aromatic heterocycles. The van der Waals surface area contributed by atoms with Gasteiger partial charge in [-0.3, -0.25) is 4.72 Å². The Balaban J connectivity index is 2.50. The van der Waals surface area contributed by atoms with Crippen LogP contribution < -0.4 is 10.5 Å². The van der Waals surface area contributed by atoms with Crippen LogP contribution in [0.15, 0.2) is 29.4 Å². The predicted octanol–water partition coefficient (Wildman–Crippen LogP) is 2.31. The second-order valence-corrected chi connectivity index (χ2v) is 5.95. The molecule has 1 heterocycles. The number of anilines is 2. The van der Waals surface area contributed by atoms with Gasteiger partial charge in [-0.05, 0) is 12.1 Å². The second kappa shape index (κ2) is 5.39. The van der Waals surface area contributed by atoms with Crippen molar-refractivity contribution in [3.8, 4) is 0 Å².